The summed E-state index contributed by atoms with van der Waals surface area (Å²) in [5.74, 6) is 0.826. The fourth-order valence-corrected chi connectivity index (χ4v) is 3.94. The monoisotopic (exact) mass is 322 g/mol. The van der Waals surface area contributed by atoms with Gasteiger partial charge in [-0.25, -0.2) is 0 Å². The second-order valence-corrected chi connectivity index (χ2v) is 7.14. The van der Waals surface area contributed by atoms with Gasteiger partial charge in [-0.2, -0.15) is 0 Å². The molecule has 0 amide bonds. The maximum absolute atomic E-state index is 5.58. The summed E-state index contributed by atoms with van der Waals surface area (Å²) in [5, 5.41) is 12.6. The van der Waals surface area contributed by atoms with Crippen LogP contribution in [0.1, 0.15) is 24.1 Å². The summed E-state index contributed by atoms with van der Waals surface area (Å²) in [5.41, 5.74) is 2.32. The SMILES string of the molecule is Cc1cccnc1CSc1nnc(NCC2CCCO2)s1. The van der Waals surface area contributed by atoms with E-state index in [0.29, 0.717) is 6.10 Å². The van der Waals surface area contributed by atoms with Crippen molar-refractivity contribution in [3.63, 3.8) is 0 Å². The molecule has 1 fully saturated rings. The van der Waals surface area contributed by atoms with Crippen LogP contribution in [0.3, 0.4) is 0 Å². The van der Waals surface area contributed by atoms with Crippen molar-refractivity contribution in [3.05, 3.63) is 29.6 Å². The van der Waals surface area contributed by atoms with E-state index in [1.54, 1.807) is 23.1 Å². The number of aromatic nitrogens is 3. The molecule has 3 heterocycles. The molecule has 3 rings (SSSR count). The lowest BCUT2D eigenvalue weighted by Gasteiger charge is -2.08. The van der Waals surface area contributed by atoms with E-state index in [1.807, 2.05) is 12.3 Å². The number of hydrogen-bond donors (Lipinski definition) is 1. The second kappa shape index (κ2) is 7.20. The Morgan fingerprint density at radius 1 is 1.48 bits per heavy atom. The number of rotatable bonds is 6. The predicted octanol–water partition coefficient (Wildman–Crippen LogP) is 3.12. The van der Waals surface area contributed by atoms with Crippen molar-refractivity contribution in [3.8, 4) is 0 Å². The molecule has 1 saturated heterocycles. The highest BCUT2D eigenvalue weighted by Gasteiger charge is 2.15. The van der Waals surface area contributed by atoms with Gasteiger partial charge < -0.3 is 10.1 Å². The number of nitrogens with zero attached hydrogens (tertiary/aromatic N) is 3. The fourth-order valence-electron chi connectivity index (χ4n) is 2.15. The summed E-state index contributed by atoms with van der Waals surface area (Å²) in [6, 6.07) is 4.04. The largest absolute Gasteiger partial charge is 0.376 e. The van der Waals surface area contributed by atoms with E-state index in [-0.39, 0.29) is 0 Å². The molecule has 5 nitrogen and oxygen atoms in total. The zero-order chi connectivity index (χ0) is 14.5. The summed E-state index contributed by atoms with van der Waals surface area (Å²) in [6.07, 6.45) is 4.44. The Balaban J connectivity index is 1.49. The summed E-state index contributed by atoms with van der Waals surface area (Å²) in [6.45, 7) is 3.78. The zero-order valence-electron chi connectivity index (χ0n) is 11.9. The number of aryl methyl sites for hydroxylation is 1. The minimum absolute atomic E-state index is 0.321. The molecular weight excluding hydrogens is 304 g/mol. The third-order valence-corrected chi connectivity index (χ3v) is 5.39. The molecule has 7 heteroatoms. The van der Waals surface area contributed by atoms with Crippen LogP contribution in [0.15, 0.2) is 22.7 Å². The van der Waals surface area contributed by atoms with Gasteiger partial charge in [-0.15, -0.1) is 10.2 Å². The fraction of sp³-hybridized carbons (Fsp3) is 0.500. The molecule has 0 spiro atoms. The third-order valence-electron chi connectivity index (χ3n) is 3.36. The highest BCUT2D eigenvalue weighted by atomic mass is 32.2. The van der Waals surface area contributed by atoms with Crippen molar-refractivity contribution >= 4 is 28.2 Å². The molecule has 0 aromatic carbocycles. The molecule has 1 unspecified atom stereocenters. The summed E-state index contributed by atoms with van der Waals surface area (Å²) in [7, 11) is 0. The van der Waals surface area contributed by atoms with E-state index in [9.17, 15) is 0 Å². The maximum Gasteiger partial charge on any atom is 0.206 e. The topological polar surface area (TPSA) is 59.9 Å². The van der Waals surface area contributed by atoms with E-state index >= 15 is 0 Å². The van der Waals surface area contributed by atoms with Gasteiger partial charge in [0, 0.05) is 25.1 Å². The van der Waals surface area contributed by atoms with Crippen LogP contribution in [0.2, 0.25) is 0 Å². The minimum atomic E-state index is 0.321. The van der Waals surface area contributed by atoms with Crippen LogP contribution in [0.4, 0.5) is 5.13 Å². The predicted molar refractivity (Wildman–Crippen MR) is 85.9 cm³/mol. The van der Waals surface area contributed by atoms with E-state index in [2.05, 4.69) is 33.5 Å². The Morgan fingerprint density at radius 3 is 3.24 bits per heavy atom. The number of hydrogen-bond acceptors (Lipinski definition) is 7. The highest BCUT2D eigenvalue weighted by Crippen LogP contribution is 2.28. The minimum Gasteiger partial charge on any atom is -0.376 e. The Bertz CT molecular complexity index is 584. The Hall–Kier alpha value is -1.18. The molecule has 1 N–H and O–H groups in total. The van der Waals surface area contributed by atoms with Crippen LogP contribution in [0.25, 0.3) is 0 Å². The van der Waals surface area contributed by atoms with Crippen molar-refractivity contribution in [1.82, 2.24) is 15.2 Å². The van der Waals surface area contributed by atoms with Gasteiger partial charge in [0.1, 0.15) is 0 Å². The first-order valence-electron chi connectivity index (χ1n) is 7.03. The zero-order valence-corrected chi connectivity index (χ0v) is 13.5. The van der Waals surface area contributed by atoms with Gasteiger partial charge >= 0.3 is 0 Å². The number of nitrogens with one attached hydrogen (secondary N) is 1. The molecule has 2 aromatic rings. The van der Waals surface area contributed by atoms with E-state index in [4.69, 9.17) is 4.74 Å². The summed E-state index contributed by atoms with van der Waals surface area (Å²) in [4.78, 5) is 4.39. The maximum atomic E-state index is 5.58. The molecule has 0 radical (unpaired) electrons. The number of thioether (sulfide) groups is 1. The molecule has 0 bridgehead atoms. The first-order chi connectivity index (χ1) is 10.3. The van der Waals surface area contributed by atoms with E-state index in [1.165, 1.54) is 5.56 Å². The lowest BCUT2D eigenvalue weighted by Crippen LogP contribution is -2.18. The van der Waals surface area contributed by atoms with E-state index < -0.39 is 0 Å². The molecule has 0 aliphatic carbocycles. The van der Waals surface area contributed by atoms with Gasteiger partial charge in [0.05, 0.1) is 11.8 Å². The van der Waals surface area contributed by atoms with Crippen molar-refractivity contribution in [2.45, 2.75) is 36.0 Å². The molecule has 21 heavy (non-hydrogen) atoms. The standard InChI is InChI=1S/C14H18N4OS2/c1-10-4-2-6-15-12(10)9-20-14-18-17-13(21-14)16-8-11-5-3-7-19-11/h2,4,6,11H,3,5,7-9H2,1H3,(H,16,17). The van der Waals surface area contributed by atoms with Crippen LogP contribution in [-0.2, 0) is 10.5 Å². The highest BCUT2D eigenvalue weighted by molar-refractivity contribution is 8.00. The summed E-state index contributed by atoms with van der Waals surface area (Å²) >= 11 is 3.27. The van der Waals surface area contributed by atoms with Gasteiger partial charge in [0.15, 0.2) is 4.34 Å². The first-order valence-corrected chi connectivity index (χ1v) is 8.84. The molecule has 1 aliphatic rings. The van der Waals surface area contributed by atoms with E-state index in [0.717, 1.165) is 46.9 Å². The summed E-state index contributed by atoms with van der Waals surface area (Å²) < 4.78 is 6.55. The first kappa shape index (κ1) is 14.7. The Kier molecular flexibility index (Phi) is 5.05. The molecule has 0 saturated carbocycles. The molecule has 1 atom stereocenters. The third kappa shape index (κ3) is 4.15. The average molecular weight is 322 g/mol. The normalized spacial score (nSPS) is 18.0. The number of ether oxygens (including phenoxy) is 1. The number of anilines is 1. The average Bonchev–Trinajstić information content (AvgIpc) is 3.16. The second-order valence-electron chi connectivity index (χ2n) is 4.94. The van der Waals surface area contributed by atoms with Crippen LogP contribution in [-0.4, -0.2) is 34.4 Å². The van der Waals surface area contributed by atoms with Crippen molar-refractivity contribution in [2.75, 3.05) is 18.5 Å². The van der Waals surface area contributed by atoms with Gasteiger partial charge in [-0.05, 0) is 31.4 Å². The lowest BCUT2D eigenvalue weighted by molar-refractivity contribution is 0.120. The van der Waals surface area contributed by atoms with Crippen LogP contribution >= 0.6 is 23.1 Å². The van der Waals surface area contributed by atoms with Crippen molar-refractivity contribution < 1.29 is 4.74 Å². The Labute approximate surface area is 132 Å². The molecule has 112 valence electrons. The van der Waals surface area contributed by atoms with Crippen LogP contribution in [0, 0.1) is 6.92 Å². The quantitative estimate of drug-likeness (QED) is 0.825. The van der Waals surface area contributed by atoms with Crippen molar-refractivity contribution in [1.29, 1.82) is 0 Å². The van der Waals surface area contributed by atoms with Crippen molar-refractivity contribution in [2.24, 2.45) is 0 Å². The van der Waals surface area contributed by atoms with Gasteiger partial charge in [0.2, 0.25) is 5.13 Å². The smallest absolute Gasteiger partial charge is 0.206 e. The molecule has 2 aromatic heterocycles. The Morgan fingerprint density at radius 2 is 2.43 bits per heavy atom. The van der Waals surface area contributed by atoms with Crippen LogP contribution in [0.5, 0.6) is 0 Å². The lowest BCUT2D eigenvalue weighted by atomic mass is 10.2. The molecule has 1 aliphatic heterocycles. The molecular formula is C14H18N4OS2. The van der Waals surface area contributed by atoms with Crippen LogP contribution < -0.4 is 5.32 Å². The van der Waals surface area contributed by atoms with Gasteiger partial charge in [0.25, 0.3) is 0 Å². The van der Waals surface area contributed by atoms with Gasteiger partial charge in [-0.3, -0.25) is 4.98 Å². The number of pyridine rings is 1. The van der Waals surface area contributed by atoms with Gasteiger partial charge in [-0.1, -0.05) is 29.2 Å².